The lowest BCUT2D eigenvalue weighted by molar-refractivity contribution is 0.599. The van der Waals surface area contributed by atoms with E-state index in [1.807, 2.05) is 23.9 Å². The van der Waals surface area contributed by atoms with Crippen molar-refractivity contribution in [2.75, 3.05) is 23.4 Å². The first kappa shape index (κ1) is 16.0. The number of thiazole rings is 1. The van der Waals surface area contributed by atoms with Crippen LogP contribution in [0.2, 0.25) is 0 Å². The zero-order valence-electron chi connectivity index (χ0n) is 12.8. The predicted molar refractivity (Wildman–Crippen MR) is 91.4 cm³/mol. The Morgan fingerprint density at radius 1 is 1.29 bits per heavy atom. The van der Waals surface area contributed by atoms with Gasteiger partial charge in [-0.3, -0.25) is 0 Å². The summed E-state index contributed by atoms with van der Waals surface area (Å²) in [4.78, 5) is 13.4. The molecular weight excluding hydrogens is 302 g/mol. The van der Waals surface area contributed by atoms with E-state index in [-0.39, 0.29) is 5.54 Å². The van der Waals surface area contributed by atoms with Crippen molar-refractivity contribution >= 4 is 34.7 Å². The molecule has 2 rings (SSSR count). The molecule has 0 unspecified atom stereocenters. The molecule has 0 spiro atoms. The summed E-state index contributed by atoms with van der Waals surface area (Å²) in [6, 6.07) is 1.95. The molecule has 0 saturated carbocycles. The second kappa shape index (κ2) is 7.09. The molecule has 0 aliphatic carbocycles. The topological polar surface area (TPSA) is 62.7 Å². The van der Waals surface area contributed by atoms with E-state index in [1.165, 1.54) is 11.8 Å². The molecule has 0 saturated heterocycles. The van der Waals surface area contributed by atoms with E-state index in [9.17, 15) is 0 Å². The van der Waals surface area contributed by atoms with Gasteiger partial charge in [0.05, 0.1) is 5.54 Å². The Labute approximate surface area is 134 Å². The van der Waals surface area contributed by atoms with Crippen molar-refractivity contribution in [3.63, 3.8) is 0 Å². The maximum absolute atomic E-state index is 4.53. The highest BCUT2D eigenvalue weighted by atomic mass is 32.2. The van der Waals surface area contributed by atoms with Gasteiger partial charge in [0.15, 0.2) is 5.16 Å². The molecule has 0 aliphatic rings. The van der Waals surface area contributed by atoms with Crippen LogP contribution < -0.4 is 10.6 Å². The molecule has 0 aromatic carbocycles. The van der Waals surface area contributed by atoms with E-state index in [4.69, 9.17) is 0 Å². The van der Waals surface area contributed by atoms with Gasteiger partial charge in [-0.2, -0.15) is 0 Å². The Morgan fingerprint density at radius 3 is 2.67 bits per heavy atom. The van der Waals surface area contributed by atoms with Gasteiger partial charge in [-0.15, -0.1) is 11.3 Å². The van der Waals surface area contributed by atoms with Crippen molar-refractivity contribution in [3.8, 4) is 0 Å². The largest absolute Gasteiger partial charge is 0.370 e. The number of thioether (sulfide) groups is 1. The van der Waals surface area contributed by atoms with Gasteiger partial charge >= 0.3 is 0 Å². The van der Waals surface area contributed by atoms with Gasteiger partial charge in [0.25, 0.3) is 0 Å². The van der Waals surface area contributed by atoms with E-state index in [0.29, 0.717) is 0 Å². The number of anilines is 2. The van der Waals surface area contributed by atoms with E-state index in [1.54, 1.807) is 11.3 Å². The van der Waals surface area contributed by atoms with E-state index < -0.39 is 0 Å². The van der Waals surface area contributed by atoms with E-state index in [0.717, 1.165) is 34.8 Å². The predicted octanol–water partition coefficient (Wildman–Crippen LogP) is 3.82. The molecule has 0 atom stereocenters. The van der Waals surface area contributed by atoms with Crippen LogP contribution in [0.3, 0.4) is 0 Å². The highest BCUT2D eigenvalue weighted by Crippen LogP contribution is 2.28. The van der Waals surface area contributed by atoms with Gasteiger partial charge in [0.1, 0.15) is 16.6 Å². The summed E-state index contributed by atoms with van der Waals surface area (Å²) in [5.41, 5.74) is -0.264. The van der Waals surface area contributed by atoms with Gasteiger partial charge < -0.3 is 10.6 Å². The quantitative estimate of drug-likeness (QED) is 0.596. The highest BCUT2D eigenvalue weighted by molar-refractivity contribution is 7.98. The summed E-state index contributed by atoms with van der Waals surface area (Å²) in [6.07, 6.45) is 4.87. The summed E-state index contributed by atoms with van der Waals surface area (Å²) in [6.45, 7) is 7.24. The summed E-state index contributed by atoms with van der Waals surface area (Å²) in [5, 5.41) is 10.5. The second-order valence-electron chi connectivity index (χ2n) is 5.14. The highest BCUT2D eigenvalue weighted by Gasteiger charge is 2.24. The molecule has 2 aromatic rings. The van der Waals surface area contributed by atoms with E-state index >= 15 is 0 Å². The smallest absolute Gasteiger partial charge is 0.191 e. The first-order valence-corrected chi connectivity index (χ1v) is 9.00. The van der Waals surface area contributed by atoms with Crippen LogP contribution in [-0.2, 0) is 5.54 Å². The number of rotatable bonds is 7. The Morgan fingerprint density at radius 2 is 2.05 bits per heavy atom. The molecule has 2 N–H and O–H groups in total. The zero-order valence-corrected chi connectivity index (χ0v) is 14.4. The van der Waals surface area contributed by atoms with Gasteiger partial charge in [-0.1, -0.05) is 18.7 Å². The maximum atomic E-state index is 4.53. The van der Waals surface area contributed by atoms with Crippen molar-refractivity contribution in [3.05, 3.63) is 22.7 Å². The zero-order chi connectivity index (χ0) is 15.3. The van der Waals surface area contributed by atoms with Crippen molar-refractivity contribution < 1.29 is 0 Å². The van der Waals surface area contributed by atoms with Crippen LogP contribution in [0, 0.1) is 0 Å². The van der Waals surface area contributed by atoms with Crippen molar-refractivity contribution in [2.45, 2.75) is 37.9 Å². The number of nitrogens with zero attached hydrogens (tertiary/aromatic N) is 3. The third-order valence-electron chi connectivity index (χ3n) is 2.85. The lowest BCUT2D eigenvalue weighted by Gasteiger charge is -2.24. The Hall–Kier alpha value is -1.34. The van der Waals surface area contributed by atoms with Crippen LogP contribution in [0.15, 0.2) is 22.8 Å². The monoisotopic (exact) mass is 323 g/mol. The summed E-state index contributed by atoms with van der Waals surface area (Å²) < 4.78 is 0. The minimum Gasteiger partial charge on any atom is -0.370 e. The first-order valence-electron chi connectivity index (χ1n) is 6.90. The lowest BCUT2D eigenvalue weighted by Crippen LogP contribution is -2.28. The summed E-state index contributed by atoms with van der Waals surface area (Å²) in [7, 11) is 0. The van der Waals surface area contributed by atoms with Crippen molar-refractivity contribution in [1.82, 2.24) is 15.0 Å². The molecule has 0 fully saturated rings. The number of aromatic nitrogens is 3. The lowest BCUT2D eigenvalue weighted by atomic mass is 10.1. The van der Waals surface area contributed by atoms with Gasteiger partial charge in [-0.25, -0.2) is 15.0 Å². The van der Waals surface area contributed by atoms with Gasteiger partial charge in [0, 0.05) is 24.2 Å². The molecule has 7 heteroatoms. The molecule has 21 heavy (non-hydrogen) atoms. The number of hydrogen-bond acceptors (Lipinski definition) is 7. The SMILES string of the molecule is CCCNc1cc(NC(C)(C)c2nccs2)nc(SC)n1. The number of nitrogens with one attached hydrogen (secondary N) is 2. The third-order valence-corrected chi connectivity index (χ3v) is 4.50. The fourth-order valence-electron chi connectivity index (χ4n) is 1.83. The maximum Gasteiger partial charge on any atom is 0.191 e. The first-order chi connectivity index (χ1) is 10.0. The Kier molecular flexibility index (Phi) is 5.41. The fourth-order valence-corrected chi connectivity index (χ4v) is 2.93. The minimum atomic E-state index is -0.264. The standard InChI is InChI=1S/C14H21N5S2/c1-5-6-15-10-9-11(18-13(17-10)20-4)19-14(2,3)12-16-7-8-21-12/h7-9H,5-6H2,1-4H3,(H2,15,17,18,19). The average molecular weight is 323 g/mol. The van der Waals surface area contributed by atoms with Crippen molar-refractivity contribution in [1.29, 1.82) is 0 Å². The summed E-state index contributed by atoms with van der Waals surface area (Å²) >= 11 is 3.18. The number of hydrogen-bond donors (Lipinski definition) is 2. The summed E-state index contributed by atoms with van der Waals surface area (Å²) in [5.74, 6) is 1.67. The Balaban J connectivity index is 2.22. The molecule has 0 amide bonds. The van der Waals surface area contributed by atoms with Gasteiger partial charge in [0.2, 0.25) is 0 Å². The van der Waals surface area contributed by atoms with Gasteiger partial charge in [-0.05, 0) is 26.5 Å². The fraction of sp³-hybridized carbons (Fsp3) is 0.500. The second-order valence-corrected chi connectivity index (χ2v) is 6.81. The average Bonchev–Trinajstić information content (AvgIpc) is 2.99. The third kappa shape index (κ3) is 4.31. The molecule has 2 aromatic heterocycles. The Bertz CT molecular complexity index is 569. The van der Waals surface area contributed by atoms with Crippen LogP contribution in [0.25, 0.3) is 0 Å². The molecule has 0 bridgehead atoms. The molecule has 5 nitrogen and oxygen atoms in total. The van der Waals surface area contributed by atoms with Crippen molar-refractivity contribution in [2.24, 2.45) is 0 Å². The minimum absolute atomic E-state index is 0.264. The normalized spacial score (nSPS) is 11.4. The van der Waals surface area contributed by atoms with Crippen LogP contribution in [0.1, 0.15) is 32.2 Å². The molecule has 0 aliphatic heterocycles. The molecule has 114 valence electrons. The van der Waals surface area contributed by atoms with Crippen LogP contribution in [0.5, 0.6) is 0 Å². The molecular formula is C14H21N5S2. The van der Waals surface area contributed by atoms with Crippen LogP contribution in [-0.4, -0.2) is 27.8 Å². The van der Waals surface area contributed by atoms with Crippen LogP contribution in [0.4, 0.5) is 11.6 Å². The molecule has 2 heterocycles. The van der Waals surface area contributed by atoms with Crippen LogP contribution >= 0.6 is 23.1 Å². The molecule has 0 radical (unpaired) electrons. The van der Waals surface area contributed by atoms with E-state index in [2.05, 4.69) is 46.4 Å².